The van der Waals surface area contributed by atoms with Crippen molar-refractivity contribution in [3.8, 4) is 0 Å². The van der Waals surface area contributed by atoms with Crippen LogP contribution in [0.2, 0.25) is 0 Å². The molecule has 22 heavy (non-hydrogen) atoms. The maximum absolute atomic E-state index is 4.64. The molecular weight excluding hydrogens is 387 g/mol. The Hall–Kier alpha value is -0.820. The SMILES string of the molecule is CCNC(=NCCCN(C)Cc1ccccc1)NC1CC1.I. The standard InChI is InChI=1S/C17H28N4.HI/c1-3-18-17(20-16-10-11-16)19-12-7-13-21(2)14-15-8-5-4-6-9-15;/h4-6,8-9,16H,3,7,10-14H2,1-2H3,(H2,18,19,20);1H. The van der Waals surface area contributed by atoms with Crippen LogP contribution in [-0.4, -0.2) is 43.6 Å². The number of nitrogens with one attached hydrogen (secondary N) is 2. The van der Waals surface area contributed by atoms with E-state index in [9.17, 15) is 0 Å². The predicted molar refractivity (Wildman–Crippen MR) is 105 cm³/mol. The van der Waals surface area contributed by atoms with Gasteiger partial charge >= 0.3 is 0 Å². The summed E-state index contributed by atoms with van der Waals surface area (Å²) in [5, 5.41) is 6.75. The Morgan fingerprint density at radius 3 is 2.64 bits per heavy atom. The molecule has 1 aliphatic rings. The van der Waals surface area contributed by atoms with Gasteiger partial charge in [0.25, 0.3) is 0 Å². The van der Waals surface area contributed by atoms with E-state index in [2.05, 4.69) is 64.8 Å². The molecule has 2 rings (SSSR count). The lowest BCUT2D eigenvalue weighted by molar-refractivity contribution is 0.324. The minimum absolute atomic E-state index is 0. The van der Waals surface area contributed by atoms with Crippen molar-refractivity contribution in [1.29, 1.82) is 0 Å². The number of halogens is 1. The van der Waals surface area contributed by atoms with Crippen molar-refractivity contribution in [3.05, 3.63) is 35.9 Å². The van der Waals surface area contributed by atoms with Crippen LogP contribution in [0.25, 0.3) is 0 Å². The normalized spacial score (nSPS) is 14.6. The third-order valence-electron chi connectivity index (χ3n) is 3.53. The van der Waals surface area contributed by atoms with Crippen molar-refractivity contribution in [2.75, 3.05) is 26.7 Å². The van der Waals surface area contributed by atoms with E-state index in [0.717, 1.165) is 38.6 Å². The fraction of sp³-hybridized carbons (Fsp3) is 0.588. The zero-order valence-electron chi connectivity index (χ0n) is 13.7. The molecule has 0 radical (unpaired) electrons. The van der Waals surface area contributed by atoms with E-state index in [4.69, 9.17) is 0 Å². The van der Waals surface area contributed by atoms with Gasteiger partial charge in [-0.3, -0.25) is 4.99 Å². The van der Waals surface area contributed by atoms with Gasteiger partial charge in [0.2, 0.25) is 0 Å². The van der Waals surface area contributed by atoms with E-state index >= 15 is 0 Å². The number of nitrogens with zero attached hydrogens (tertiary/aromatic N) is 2. The van der Waals surface area contributed by atoms with E-state index in [1.54, 1.807) is 0 Å². The van der Waals surface area contributed by atoms with Gasteiger partial charge in [0, 0.05) is 25.7 Å². The highest BCUT2D eigenvalue weighted by Crippen LogP contribution is 2.18. The van der Waals surface area contributed by atoms with Gasteiger partial charge in [0.1, 0.15) is 0 Å². The highest BCUT2D eigenvalue weighted by Gasteiger charge is 2.21. The zero-order chi connectivity index (χ0) is 14.9. The van der Waals surface area contributed by atoms with Gasteiger partial charge in [-0.25, -0.2) is 0 Å². The molecule has 5 heteroatoms. The molecule has 0 spiro atoms. The van der Waals surface area contributed by atoms with Crippen LogP contribution in [0.5, 0.6) is 0 Å². The van der Waals surface area contributed by atoms with Gasteiger partial charge in [0.15, 0.2) is 5.96 Å². The lowest BCUT2D eigenvalue weighted by atomic mass is 10.2. The summed E-state index contributed by atoms with van der Waals surface area (Å²) < 4.78 is 0. The van der Waals surface area contributed by atoms with Gasteiger partial charge in [-0.2, -0.15) is 0 Å². The minimum Gasteiger partial charge on any atom is -0.357 e. The first-order valence-electron chi connectivity index (χ1n) is 8.05. The second-order valence-corrected chi connectivity index (χ2v) is 5.76. The quantitative estimate of drug-likeness (QED) is 0.296. The second kappa shape index (κ2) is 10.8. The Bertz CT molecular complexity index is 432. The maximum atomic E-state index is 4.64. The molecule has 124 valence electrons. The summed E-state index contributed by atoms with van der Waals surface area (Å²) in [5.74, 6) is 0.978. The molecule has 4 nitrogen and oxygen atoms in total. The largest absolute Gasteiger partial charge is 0.357 e. The lowest BCUT2D eigenvalue weighted by Crippen LogP contribution is -2.38. The molecule has 0 aromatic heterocycles. The summed E-state index contributed by atoms with van der Waals surface area (Å²) in [6.07, 6.45) is 3.65. The van der Waals surface area contributed by atoms with E-state index < -0.39 is 0 Å². The lowest BCUT2D eigenvalue weighted by Gasteiger charge is -2.16. The Morgan fingerprint density at radius 1 is 1.27 bits per heavy atom. The van der Waals surface area contributed by atoms with Crippen molar-refractivity contribution in [2.45, 2.75) is 38.8 Å². The molecule has 0 aliphatic heterocycles. The monoisotopic (exact) mass is 416 g/mol. The number of hydrogen-bond acceptors (Lipinski definition) is 2. The predicted octanol–water partition coefficient (Wildman–Crippen LogP) is 2.84. The molecule has 0 atom stereocenters. The Kier molecular flexibility index (Phi) is 9.47. The summed E-state index contributed by atoms with van der Waals surface area (Å²) >= 11 is 0. The van der Waals surface area contributed by atoms with Gasteiger partial charge in [0.05, 0.1) is 0 Å². The van der Waals surface area contributed by atoms with E-state index in [0.29, 0.717) is 6.04 Å². The van der Waals surface area contributed by atoms with Crippen LogP contribution in [0.15, 0.2) is 35.3 Å². The van der Waals surface area contributed by atoms with Crippen LogP contribution in [-0.2, 0) is 6.54 Å². The Labute approximate surface area is 151 Å². The molecular formula is C17H29IN4. The van der Waals surface area contributed by atoms with Crippen molar-refractivity contribution in [2.24, 2.45) is 4.99 Å². The molecule has 0 saturated heterocycles. The van der Waals surface area contributed by atoms with E-state index in [1.807, 2.05) is 0 Å². The van der Waals surface area contributed by atoms with Gasteiger partial charge in [-0.15, -0.1) is 24.0 Å². The van der Waals surface area contributed by atoms with Crippen molar-refractivity contribution in [1.82, 2.24) is 15.5 Å². The zero-order valence-corrected chi connectivity index (χ0v) is 16.0. The summed E-state index contributed by atoms with van der Waals surface area (Å²) in [4.78, 5) is 6.99. The number of hydrogen-bond donors (Lipinski definition) is 2. The van der Waals surface area contributed by atoms with Gasteiger partial charge < -0.3 is 15.5 Å². The molecule has 1 saturated carbocycles. The highest BCUT2D eigenvalue weighted by molar-refractivity contribution is 14.0. The van der Waals surface area contributed by atoms with Crippen LogP contribution in [0, 0.1) is 0 Å². The van der Waals surface area contributed by atoms with E-state index in [-0.39, 0.29) is 24.0 Å². The second-order valence-electron chi connectivity index (χ2n) is 5.76. The summed E-state index contributed by atoms with van der Waals surface area (Å²) in [7, 11) is 2.17. The number of rotatable bonds is 8. The summed E-state index contributed by atoms with van der Waals surface area (Å²) in [5.41, 5.74) is 1.37. The van der Waals surface area contributed by atoms with Gasteiger partial charge in [-0.05, 0) is 45.3 Å². The molecule has 1 aliphatic carbocycles. The molecule has 2 N–H and O–H groups in total. The summed E-state index contributed by atoms with van der Waals surface area (Å²) in [6, 6.07) is 11.3. The van der Waals surface area contributed by atoms with Crippen molar-refractivity contribution < 1.29 is 0 Å². The average Bonchev–Trinajstić information content (AvgIpc) is 3.29. The van der Waals surface area contributed by atoms with Crippen LogP contribution >= 0.6 is 24.0 Å². The first kappa shape index (κ1) is 19.2. The van der Waals surface area contributed by atoms with Crippen molar-refractivity contribution >= 4 is 29.9 Å². The molecule has 1 aromatic rings. The molecule has 1 fully saturated rings. The molecule has 0 amide bonds. The smallest absolute Gasteiger partial charge is 0.191 e. The van der Waals surface area contributed by atoms with Crippen LogP contribution in [0.3, 0.4) is 0 Å². The first-order valence-corrected chi connectivity index (χ1v) is 8.05. The topological polar surface area (TPSA) is 39.7 Å². The molecule has 1 aromatic carbocycles. The van der Waals surface area contributed by atoms with Crippen molar-refractivity contribution in [3.63, 3.8) is 0 Å². The first-order chi connectivity index (χ1) is 10.3. The number of guanidine groups is 1. The average molecular weight is 416 g/mol. The fourth-order valence-corrected chi connectivity index (χ4v) is 2.25. The number of aliphatic imine (C=N–C) groups is 1. The fourth-order valence-electron chi connectivity index (χ4n) is 2.25. The molecule has 0 bridgehead atoms. The van der Waals surface area contributed by atoms with Crippen LogP contribution < -0.4 is 10.6 Å². The highest BCUT2D eigenvalue weighted by atomic mass is 127. The Balaban J connectivity index is 0.00000242. The van der Waals surface area contributed by atoms with Gasteiger partial charge in [-0.1, -0.05) is 30.3 Å². The van der Waals surface area contributed by atoms with Crippen LogP contribution in [0.4, 0.5) is 0 Å². The Morgan fingerprint density at radius 2 is 2.00 bits per heavy atom. The molecule has 0 unspecified atom stereocenters. The number of benzene rings is 1. The third kappa shape index (κ3) is 7.98. The third-order valence-corrected chi connectivity index (χ3v) is 3.53. The minimum atomic E-state index is 0. The van der Waals surface area contributed by atoms with Crippen LogP contribution in [0.1, 0.15) is 31.7 Å². The molecule has 0 heterocycles. The van der Waals surface area contributed by atoms with E-state index in [1.165, 1.54) is 18.4 Å². The summed E-state index contributed by atoms with van der Waals surface area (Å²) in [6.45, 7) is 5.98. The maximum Gasteiger partial charge on any atom is 0.191 e.